The maximum Gasteiger partial charge on any atom is 0.321 e. The van der Waals surface area contributed by atoms with E-state index in [1.807, 2.05) is 13.8 Å². The number of carbonyl (C=O) groups excluding carboxylic acids is 3. The summed E-state index contributed by atoms with van der Waals surface area (Å²) >= 11 is 5.85. The molecule has 1 saturated carbocycles. The largest absolute Gasteiger partial charge is 0.455 e. The van der Waals surface area contributed by atoms with Gasteiger partial charge in [0.15, 0.2) is 6.61 Å². The second-order valence-electron chi connectivity index (χ2n) is 6.00. The van der Waals surface area contributed by atoms with E-state index in [1.54, 1.807) is 24.3 Å². The van der Waals surface area contributed by atoms with Crippen LogP contribution >= 0.6 is 11.6 Å². The molecule has 1 aliphatic rings. The van der Waals surface area contributed by atoms with Crippen molar-refractivity contribution in [1.82, 2.24) is 10.6 Å². The van der Waals surface area contributed by atoms with E-state index in [0.717, 1.165) is 12.0 Å². The minimum atomic E-state index is -0.691. The number of urea groups is 1. The van der Waals surface area contributed by atoms with Gasteiger partial charge in [-0.1, -0.05) is 30.7 Å². The molecule has 1 fully saturated rings. The van der Waals surface area contributed by atoms with Gasteiger partial charge in [0.1, 0.15) is 0 Å². The van der Waals surface area contributed by atoms with Gasteiger partial charge in [0.05, 0.1) is 5.41 Å². The maximum atomic E-state index is 12.3. The molecule has 0 radical (unpaired) electrons. The molecule has 1 aromatic carbocycles. The molecule has 130 valence electrons. The average Bonchev–Trinajstić information content (AvgIpc) is 3.34. The molecule has 1 aliphatic carbocycles. The number of halogens is 1. The second-order valence-corrected chi connectivity index (χ2v) is 6.43. The minimum Gasteiger partial charge on any atom is -0.455 e. The third-order valence-electron chi connectivity index (χ3n) is 4.11. The second kappa shape index (κ2) is 7.66. The van der Waals surface area contributed by atoms with Crippen LogP contribution in [0.1, 0.15) is 38.7 Å². The van der Waals surface area contributed by atoms with Crippen LogP contribution in [0.4, 0.5) is 4.79 Å². The number of rotatable bonds is 6. The lowest BCUT2D eigenvalue weighted by atomic mass is 9.96. The maximum absolute atomic E-state index is 12.3. The normalized spacial score (nSPS) is 16.0. The van der Waals surface area contributed by atoms with Gasteiger partial charge in [-0.25, -0.2) is 4.79 Å². The third-order valence-corrected chi connectivity index (χ3v) is 4.37. The molecule has 3 amide bonds. The Morgan fingerprint density at radius 1 is 1.25 bits per heavy atom. The Kier molecular flexibility index (Phi) is 5.83. The zero-order chi connectivity index (χ0) is 17.7. The summed E-state index contributed by atoms with van der Waals surface area (Å²) in [4.78, 5) is 35.5. The van der Waals surface area contributed by atoms with Gasteiger partial charge in [0, 0.05) is 11.1 Å². The van der Waals surface area contributed by atoms with Crippen LogP contribution in [-0.4, -0.2) is 30.6 Å². The van der Waals surface area contributed by atoms with Gasteiger partial charge in [-0.05, 0) is 43.9 Å². The first-order chi connectivity index (χ1) is 11.4. The molecular formula is C17H21ClN2O4. The molecular weight excluding hydrogens is 332 g/mol. The molecule has 0 saturated heterocycles. The molecule has 0 spiro atoms. The lowest BCUT2D eigenvalue weighted by molar-refractivity contribution is -0.150. The summed E-state index contributed by atoms with van der Waals surface area (Å²) in [5.74, 6) is -1.11. The van der Waals surface area contributed by atoms with Crippen LogP contribution in [0.25, 0.3) is 0 Å². The Morgan fingerprint density at radius 3 is 2.42 bits per heavy atom. The molecule has 0 heterocycles. The van der Waals surface area contributed by atoms with Gasteiger partial charge in [0.2, 0.25) is 0 Å². The van der Waals surface area contributed by atoms with Crippen LogP contribution in [0.5, 0.6) is 0 Å². The van der Waals surface area contributed by atoms with E-state index in [9.17, 15) is 14.4 Å². The minimum absolute atomic E-state index is 0.0417. The molecule has 24 heavy (non-hydrogen) atoms. The molecule has 6 nitrogen and oxygen atoms in total. The standard InChI is InChI=1S/C17H21ClN2O4/c1-3-11(2)19-16(23)20-14(21)10-24-15(22)17(8-9-17)12-4-6-13(18)7-5-12/h4-7,11H,3,8-10H2,1-2H3,(H2,19,20,21,23)/t11-/m1/s1. The fourth-order valence-corrected chi connectivity index (χ4v) is 2.42. The van der Waals surface area contributed by atoms with Gasteiger partial charge < -0.3 is 10.1 Å². The van der Waals surface area contributed by atoms with E-state index in [-0.39, 0.29) is 6.04 Å². The number of amides is 3. The predicted octanol–water partition coefficient (Wildman–Crippen LogP) is 2.54. The highest BCUT2D eigenvalue weighted by atomic mass is 35.5. The van der Waals surface area contributed by atoms with Gasteiger partial charge in [-0.2, -0.15) is 0 Å². The van der Waals surface area contributed by atoms with Crippen molar-refractivity contribution in [2.24, 2.45) is 0 Å². The Hall–Kier alpha value is -2.08. The zero-order valence-electron chi connectivity index (χ0n) is 13.7. The third kappa shape index (κ3) is 4.47. The number of hydrogen-bond donors (Lipinski definition) is 2. The van der Waals surface area contributed by atoms with E-state index in [1.165, 1.54) is 0 Å². The number of imide groups is 1. The summed E-state index contributed by atoms with van der Waals surface area (Å²) in [7, 11) is 0. The van der Waals surface area contributed by atoms with Crippen molar-refractivity contribution in [2.75, 3.05) is 6.61 Å². The van der Waals surface area contributed by atoms with Crippen LogP contribution in [-0.2, 0) is 19.7 Å². The smallest absolute Gasteiger partial charge is 0.321 e. The van der Waals surface area contributed by atoms with Crippen molar-refractivity contribution in [3.8, 4) is 0 Å². The molecule has 0 aromatic heterocycles. The molecule has 0 bridgehead atoms. The first-order valence-electron chi connectivity index (χ1n) is 7.91. The number of carbonyl (C=O) groups is 3. The highest BCUT2D eigenvalue weighted by Gasteiger charge is 2.52. The topological polar surface area (TPSA) is 84.5 Å². The van der Waals surface area contributed by atoms with Gasteiger partial charge >= 0.3 is 12.0 Å². The van der Waals surface area contributed by atoms with Crippen LogP contribution in [0, 0.1) is 0 Å². The fourth-order valence-electron chi connectivity index (χ4n) is 2.30. The Balaban J connectivity index is 1.83. The first kappa shape index (κ1) is 18.3. The number of ether oxygens (including phenoxy) is 1. The van der Waals surface area contributed by atoms with Gasteiger partial charge in [0.25, 0.3) is 5.91 Å². The Bertz CT molecular complexity index is 626. The summed E-state index contributed by atoms with van der Waals surface area (Å²) in [6.07, 6.45) is 2.09. The van der Waals surface area contributed by atoms with Crippen LogP contribution < -0.4 is 10.6 Å². The van der Waals surface area contributed by atoms with Gasteiger partial charge in [-0.15, -0.1) is 0 Å². The van der Waals surface area contributed by atoms with E-state index in [4.69, 9.17) is 16.3 Å². The molecule has 1 aromatic rings. The van der Waals surface area contributed by atoms with Crippen LogP contribution in [0.2, 0.25) is 5.02 Å². The van der Waals surface area contributed by atoms with Crippen molar-refractivity contribution in [2.45, 2.75) is 44.6 Å². The monoisotopic (exact) mass is 352 g/mol. The fraction of sp³-hybridized carbons (Fsp3) is 0.471. The first-order valence-corrected chi connectivity index (χ1v) is 8.29. The van der Waals surface area contributed by atoms with Crippen molar-refractivity contribution in [3.05, 3.63) is 34.9 Å². The van der Waals surface area contributed by atoms with Crippen molar-refractivity contribution in [3.63, 3.8) is 0 Å². The lowest BCUT2D eigenvalue weighted by Gasteiger charge is -2.15. The van der Waals surface area contributed by atoms with E-state index in [0.29, 0.717) is 17.9 Å². The average molecular weight is 353 g/mol. The number of esters is 1. The van der Waals surface area contributed by atoms with Crippen LogP contribution in [0.15, 0.2) is 24.3 Å². The molecule has 7 heteroatoms. The summed E-state index contributed by atoms with van der Waals surface area (Å²) in [6, 6.07) is 6.38. The lowest BCUT2D eigenvalue weighted by Crippen LogP contribution is -2.45. The van der Waals surface area contributed by atoms with Crippen molar-refractivity contribution in [1.29, 1.82) is 0 Å². The Labute approximate surface area is 145 Å². The highest BCUT2D eigenvalue weighted by Crippen LogP contribution is 2.49. The molecule has 0 aliphatic heterocycles. The SMILES string of the molecule is CC[C@@H](C)NC(=O)NC(=O)COC(=O)C1(c2ccc(Cl)cc2)CC1. The summed E-state index contributed by atoms with van der Waals surface area (Å²) in [6.45, 7) is 3.26. The number of benzene rings is 1. The molecule has 2 rings (SSSR count). The highest BCUT2D eigenvalue weighted by molar-refractivity contribution is 6.30. The van der Waals surface area contributed by atoms with E-state index >= 15 is 0 Å². The summed E-state index contributed by atoms with van der Waals surface area (Å²) < 4.78 is 5.08. The van der Waals surface area contributed by atoms with E-state index in [2.05, 4.69) is 10.6 Å². The number of nitrogens with one attached hydrogen (secondary N) is 2. The van der Waals surface area contributed by atoms with E-state index < -0.39 is 29.9 Å². The summed E-state index contributed by atoms with van der Waals surface area (Å²) in [5, 5.41) is 5.33. The number of hydrogen-bond acceptors (Lipinski definition) is 4. The molecule has 1 atom stereocenters. The molecule has 0 unspecified atom stereocenters. The predicted molar refractivity (Wildman–Crippen MR) is 89.8 cm³/mol. The van der Waals surface area contributed by atoms with Gasteiger partial charge in [-0.3, -0.25) is 14.9 Å². The van der Waals surface area contributed by atoms with Crippen molar-refractivity contribution < 1.29 is 19.1 Å². The quantitative estimate of drug-likeness (QED) is 0.770. The Morgan fingerprint density at radius 2 is 1.88 bits per heavy atom. The zero-order valence-corrected chi connectivity index (χ0v) is 14.5. The van der Waals surface area contributed by atoms with Crippen molar-refractivity contribution >= 4 is 29.5 Å². The van der Waals surface area contributed by atoms with Crippen LogP contribution in [0.3, 0.4) is 0 Å². The molecule has 2 N–H and O–H groups in total. The summed E-state index contributed by atoms with van der Waals surface area (Å²) in [5.41, 5.74) is 0.135.